The first-order valence-electron chi connectivity index (χ1n) is 7.33. The van der Waals surface area contributed by atoms with E-state index in [2.05, 4.69) is 5.16 Å². The summed E-state index contributed by atoms with van der Waals surface area (Å²) >= 11 is 0. The highest BCUT2D eigenvalue weighted by molar-refractivity contribution is 5.98. The molecular weight excluding hydrogens is 306 g/mol. The van der Waals surface area contributed by atoms with E-state index >= 15 is 0 Å². The first-order valence-corrected chi connectivity index (χ1v) is 7.33. The van der Waals surface area contributed by atoms with E-state index in [0.29, 0.717) is 17.1 Å². The minimum absolute atomic E-state index is 0.0521. The van der Waals surface area contributed by atoms with Crippen LogP contribution in [0.2, 0.25) is 0 Å². The molecule has 0 amide bonds. The Morgan fingerprint density at radius 3 is 2.46 bits per heavy atom. The molecule has 1 heterocycles. The molecule has 0 aliphatic rings. The average molecular weight is 321 g/mol. The SMILES string of the molecule is C/C(=N/Oc1cc(-n2cccc2)cc([N+](=O)[O-])c1)c1ccccc1. The van der Waals surface area contributed by atoms with E-state index < -0.39 is 4.92 Å². The minimum Gasteiger partial charge on any atom is -0.356 e. The van der Waals surface area contributed by atoms with E-state index in [1.807, 2.05) is 49.4 Å². The molecule has 0 fully saturated rings. The summed E-state index contributed by atoms with van der Waals surface area (Å²) in [6.07, 6.45) is 3.61. The predicted molar refractivity (Wildman–Crippen MR) is 91.7 cm³/mol. The summed E-state index contributed by atoms with van der Waals surface area (Å²) in [4.78, 5) is 16.1. The zero-order chi connectivity index (χ0) is 16.9. The van der Waals surface area contributed by atoms with E-state index in [-0.39, 0.29) is 5.69 Å². The number of hydrogen-bond donors (Lipinski definition) is 0. The molecule has 0 N–H and O–H groups in total. The summed E-state index contributed by atoms with van der Waals surface area (Å²) in [6.45, 7) is 1.82. The van der Waals surface area contributed by atoms with Gasteiger partial charge in [0.05, 0.1) is 22.4 Å². The monoisotopic (exact) mass is 321 g/mol. The number of rotatable bonds is 5. The Morgan fingerprint density at radius 2 is 1.79 bits per heavy atom. The van der Waals surface area contributed by atoms with E-state index in [1.165, 1.54) is 12.1 Å². The number of nitro groups is 1. The topological polar surface area (TPSA) is 69.7 Å². The summed E-state index contributed by atoms with van der Waals surface area (Å²) < 4.78 is 1.77. The van der Waals surface area contributed by atoms with Gasteiger partial charge in [-0.05, 0) is 24.6 Å². The van der Waals surface area contributed by atoms with Crippen LogP contribution in [0.4, 0.5) is 5.69 Å². The second-order valence-corrected chi connectivity index (χ2v) is 5.17. The summed E-state index contributed by atoms with van der Waals surface area (Å²) in [7, 11) is 0. The third-order valence-corrected chi connectivity index (χ3v) is 3.47. The molecule has 0 saturated heterocycles. The van der Waals surface area contributed by atoms with Crippen molar-refractivity contribution in [2.75, 3.05) is 0 Å². The summed E-state index contributed by atoms with van der Waals surface area (Å²) in [6, 6.07) is 17.8. The second-order valence-electron chi connectivity index (χ2n) is 5.17. The molecule has 0 spiro atoms. The quantitative estimate of drug-likeness (QED) is 0.402. The Morgan fingerprint density at radius 1 is 1.08 bits per heavy atom. The Labute approximate surface area is 138 Å². The van der Waals surface area contributed by atoms with Gasteiger partial charge in [0, 0.05) is 24.5 Å². The van der Waals surface area contributed by atoms with Gasteiger partial charge in [0.2, 0.25) is 0 Å². The van der Waals surface area contributed by atoms with Gasteiger partial charge < -0.3 is 9.40 Å². The molecule has 0 radical (unpaired) electrons. The average Bonchev–Trinajstić information content (AvgIpc) is 3.15. The first-order chi connectivity index (χ1) is 11.6. The lowest BCUT2D eigenvalue weighted by Gasteiger charge is -2.06. The highest BCUT2D eigenvalue weighted by atomic mass is 16.6. The molecule has 1 aromatic heterocycles. The Bertz CT molecular complexity index is 872. The number of aromatic nitrogens is 1. The summed E-state index contributed by atoms with van der Waals surface area (Å²) in [5.41, 5.74) is 2.19. The van der Waals surface area contributed by atoms with Crippen LogP contribution >= 0.6 is 0 Å². The summed E-state index contributed by atoms with van der Waals surface area (Å²) in [5, 5.41) is 15.2. The van der Waals surface area contributed by atoms with Gasteiger partial charge in [-0.25, -0.2) is 0 Å². The number of nitrogens with zero attached hydrogens (tertiary/aromatic N) is 3. The maximum atomic E-state index is 11.1. The predicted octanol–water partition coefficient (Wildman–Crippen LogP) is 4.19. The molecule has 0 saturated carbocycles. The van der Waals surface area contributed by atoms with Gasteiger partial charge in [-0.1, -0.05) is 35.5 Å². The summed E-state index contributed by atoms with van der Waals surface area (Å²) in [5.74, 6) is 0.309. The van der Waals surface area contributed by atoms with Crippen molar-refractivity contribution in [1.82, 2.24) is 4.57 Å². The molecule has 24 heavy (non-hydrogen) atoms. The smallest absolute Gasteiger partial charge is 0.275 e. The fraction of sp³-hybridized carbons (Fsp3) is 0.0556. The van der Waals surface area contributed by atoms with Crippen LogP contribution in [0.1, 0.15) is 12.5 Å². The number of benzene rings is 2. The maximum Gasteiger partial charge on any atom is 0.275 e. The third kappa shape index (κ3) is 3.49. The van der Waals surface area contributed by atoms with Crippen LogP contribution in [0, 0.1) is 10.1 Å². The molecule has 120 valence electrons. The molecular formula is C18H15N3O3. The number of non-ortho nitro benzene ring substituents is 1. The van der Waals surface area contributed by atoms with Gasteiger partial charge in [-0.2, -0.15) is 0 Å². The molecule has 6 heteroatoms. The molecule has 0 aliphatic heterocycles. The van der Waals surface area contributed by atoms with Crippen molar-refractivity contribution in [3.05, 3.63) is 88.7 Å². The van der Waals surface area contributed by atoms with Crippen molar-refractivity contribution >= 4 is 11.4 Å². The van der Waals surface area contributed by atoms with Gasteiger partial charge in [0.1, 0.15) is 0 Å². The fourth-order valence-corrected chi connectivity index (χ4v) is 2.24. The van der Waals surface area contributed by atoms with Crippen LogP contribution in [0.5, 0.6) is 5.75 Å². The van der Waals surface area contributed by atoms with E-state index in [0.717, 1.165) is 5.56 Å². The van der Waals surface area contributed by atoms with Crippen molar-refractivity contribution in [2.45, 2.75) is 6.92 Å². The molecule has 2 aromatic carbocycles. The van der Waals surface area contributed by atoms with Crippen molar-refractivity contribution in [3.8, 4) is 11.4 Å². The van der Waals surface area contributed by atoms with Crippen molar-refractivity contribution in [3.63, 3.8) is 0 Å². The van der Waals surface area contributed by atoms with Crippen LogP contribution in [0.3, 0.4) is 0 Å². The Hall–Kier alpha value is -3.41. The van der Waals surface area contributed by atoms with Gasteiger partial charge in [-0.3, -0.25) is 10.1 Å². The lowest BCUT2D eigenvalue weighted by molar-refractivity contribution is -0.384. The lowest BCUT2D eigenvalue weighted by atomic mass is 10.1. The van der Waals surface area contributed by atoms with E-state index in [4.69, 9.17) is 4.84 Å². The third-order valence-electron chi connectivity index (χ3n) is 3.47. The van der Waals surface area contributed by atoms with Gasteiger partial charge in [-0.15, -0.1) is 0 Å². The van der Waals surface area contributed by atoms with Crippen molar-refractivity contribution in [2.24, 2.45) is 5.16 Å². The van der Waals surface area contributed by atoms with Crippen molar-refractivity contribution in [1.29, 1.82) is 0 Å². The Kier molecular flexibility index (Phi) is 4.38. The van der Waals surface area contributed by atoms with Gasteiger partial charge >= 0.3 is 0 Å². The van der Waals surface area contributed by atoms with Crippen LogP contribution in [-0.4, -0.2) is 15.2 Å². The van der Waals surface area contributed by atoms with Crippen molar-refractivity contribution < 1.29 is 9.76 Å². The lowest BCUT2D eigenvalue weighted by Crippen LogP contribution is -1.99. The molecule has 6 nitrogen and oxygen atoms in total. The largest absolute Gasteiger partial charge is 0.356 e. The minimum atomic E-state index is -0.451. The Balaban J connectivity index is 1.91. The molecule has 0 aliphatic carbocycles. The maximum absolute atomic E-state index is 11.1. The van der Waals surface area contributed by atoms with Crippen LogP contribution in [-0.2, 0) is 0 Å². The van der Waals surface area contributed by atoms with Crippen LogP contribution < -0.4 is 4.84 Å². The van der Waals surface area contributed by atoms with E-state index in [9.17, 15) is 10.1 Å². The standard InChI is InChI=1S/C18H15N3O3/c1-14(15-7-3-2-4-8-15)19-24-18-12-16(20-9-5-6-10-20)11-17(13-18)21(22)23/h2-13H,1H3/b19-14-. The first kappa shape index (κ1) is 15.5. The van der Waals surface area contributed by atoms with E-state index in [1.54, 1.807) is 23.0 Å². The number of nitro benzene ring substituents is 1. The highest BCUT2D eigenvalue weighted by Gasteiger charge is 2.12. The van der Waals surface area contributed by atoms with Gasteiger partial charge in [0.15, 0.2) is 5.75 Å². The fourth-order valence-electron chi connectivity index (χ4n) is 2.24. The molecule has 3 aromatic rings. The van der Waals surface area contributed by atoms with Crippen LogP contribution in [0.25, 0.3) is 5.69 Å². The van der Waals surface area contributed by atoms with Crippen LogP contribution in [0.15, 0.2) is 78.2 Å². The zero-order valence-corrected chi connectivity index (χ0v) is 13.0. The number of oxime groups is 1. The molecule has 0 unspecified atom stereocenters. The number of hydrogen-bond acceptors (Lipinski definition) is 4. The highest BCUT2D eigenvalue weighted by Crippen LogP contribution is 2.25. The van der Waals surface area contributed by atoms with Gasteiger partial charge in [0.25, 0.3) is 5.69 Å². The molecule has 0 bridgehead atoms. The zero-order valence-electron chi connectivity index (χ0n) is 13.0. The molecule has 0 atom stereocenters. The molecule has 3 rings (SSSR count). The normalized spacial score (nSPS) is 11.3. The second kappa shape index (κ2) is 6.78.